The Bertz CT molecular complexity index is 389. The van der Waals surface area contributed by atoms with Gasteiger partial charge >= 0.3 is 5.97 Å². The summed E-state index contributed by atoms with van der Waals surface area (Å²) in [7, 11) is 0. The minimum absolute atomic E-state index is 0.00410. The van der Waals surface area contributed by atoms with E-state index in [1.165, 1.54) is 12.8 Å². The number of carbonyl (C=O) groups excluding carboxylic acids is 1. The maximum atomic E-state index is 12.5. The van der Waals surface area contributed by atoms with Gasteiger partial charge in [0.15, 0.2) is 0 Å². The molecule has 0 aromatic heterocycles. The van der Waals surface area contributed by atoms with Gasteiger partial charge in [0, 0.05) is 35.6 Å². The van der Waals surface area contributed by atoms with Crippen LogP contribution >= 0.6 is 22.6 Å². The number of esters is 1. The lowest BCUT2D eigenvalue weighted by Gasteiger charge is -2.26. The van der Waals surface area contributed by atoms with E-state index in [0.717, 1.165) is 58.0 Å². The normalized spacial score (nSPS) is 19.2. The molecule has 1 saturated heterocycles. The SMILES string of the molecule is CCCCCCOC(=O)C(CCCC)N1CCC(CC#CI)C1. The maximum absolute atomic E-state index is 12.5. The molecule has 3 nitrogen and oxygen atoms in total. The van der Waals surface area contributed by atoms with Gasteiger partial charge < -0.3 is 4.74 Å². The van der Waals surface area contributed by atoms with E-state index >= 15 is 0 Å². The van der Waals surface area contributed by atoms with Gasteiger partial charge in [0.05, 0.1) is 6.61 Å². The third-order valence-electron chi connectivity index (χ3n) is 4.56. The summed E-state index contributed by atoms with van der Waals surface area (Å²) < 4.78 is 8.52. The molecule has 0 aromatic rings. The molecular formula is C19H32INO2. The fourth-order valence-corrected chi connectivity index (χ4v) is 3.36. The zero-order valence-corrected chi connectivity index (χ0v) is 16.9. The Hall–Kier alpha value is -0.280. The van der Waals surface area contributed by atoms with Crippen LogP contribution in [-0.2, 0) is 9.53 Å². The third-order valence-corrected chi connectivity index (χ3v) is 4.94. The molecule has 0 aromatic carbocycles. The van der Waals surface area contributed by atoms with Gasteiger partial charge in [-0.25, -0.2) is 0 Å². The summed E-state index contributed by atoms with van der Waals surface area (Å²) in [5, 5.41) is 0. The van der Waals surface area contributed by atoms with Crippen molar-refractivity contribution in [2.45, 2.75) is 77.7 Å². The first-order valence-corrected chi connectivity index (χ1v) is 10.3. The highest BCUT2D eigenvalue weighted by atomic mass is 127. The van der Waals surface area contributed by atoms with Crippen molar-refractivity contribution in [3.8, 4) is 9.85 Å². The Morgan fingerprint density at radius 3 is 2.74 bits per heavy atom. The van der Waals surface area contributed by atoms with Crippen LogP contribution in [0.4, 0.5) is 0 Å². The second kappa shape index (κ2) is 13.1. The average molecular weight is 433 g/mol. The van der Waals surface area contributed by atoms with Gasteiger partial charge in [-0.3, -0.25) is 9.69 Å². The molecule has 0 N–H and O–H groups in total. The van der Waals surface area contributed by atoms with Gasteiger partial charge in [-0.05, 0) is 35.7 Å². The molecule has 132 valence electrons. The highest BCUT2D eigenvalue weighted by molar-refractivity contribution is 14.1. The van der Waals surface area contributed by atoms with Crippen molar-refractivity contribution in [1.82, 2.24) is 4.90 Å². The minimum atomic E-state index is -0.0429. The van der Waals surface area contributed by atoms with Gasteiger partial charge in [0.25, 0.3) is 0 Å². The summed E-state index contributed by atoms with van der Waals surface area (Å²) in [6, 6.07) is -0.0429. The van der Waals surface area contributed by atoms with Crippen LogP contribution in [0.25, 0.3) is 0 Å². The van der Waals surface area contributed by atoms with Crippen LogP contribution in [0.1, 0.15) is 71.6 Å². The summed E-state index contributed by atoms with van der Waals surface area (Å²) in [5.74, 6) is 3.78. The van der Waals surface area contributed by atoms with Crippen molar-refractivity contribution in [2.24, 2.45) is 5.92 Å². The molecule has 2 atom stereocenters. The standard InChI is InChI=1S/C19H32INO2/c1-3-5-7-8-15-23-19(22)18(11-6-4-2)21-14-12-17(16-21)10-9-13-20/h17-18H,3-8,10-12,14-16H2,1-2H3. The second-order valence-electron chi connectivity index (χ2n) is 6.51. The van der Waals surface area contributed by atoms with Crippen LogP contribution in [0.15, 0.2) is 0 Å². The summed E-state index contributed by atoms with van der Waals surface area (Å²) in [6.07, 6.45) is 9.82. The quantitative estimate of drug-likeness (QED) is 0.203. The van der Waals surface area contributed by atoms with Crippen molar-refractivity contribution in [3.63, 3.8) is 0 Å². The molecule has 1 aliphatic heterocycles. The van der Waals surface area contributed by atoms with Crippen LogP contribution in [0, 0.1) is 15.8 Å². The molecule has 0 bridgehead atoms. The van der Waals surface area contributed by atoms with Crippen molar-refractivity contribution >= 4 is 28.6 Å². The highest BCUT2D eigenvalue weighted by Gasteiger charge is 2.32. The zero-order chi connectivity index (χ0) is 16.9. The third kappa shape index (κ3) is 8.39. The largest absolute Gasteiger partial charge is 0.465 e. The Labute approximate surface area is 156 Å². The number of carbonyl (C=O) groups is 1. The lowest BCUT2D eigenvalue weighted by atomic mass is 10.1. The van der Waals surface area contributed by atoms with Gasteiger partial charge in [0.2, 0.25) is 0 Å². The second-order valence-corrected chi connectivity index (χ2v) is 7.05. The van der Waals surface area contributed by atoms with Crippen LogP contribution in [0.2, 0.25) is 0 Å². The Morgan fingerprint density at radius 1 is 1.26 bits per heavy atom. The van der Waals surface area contributed by atoms with Crippen LogP contribution in [0.5, 0.6) is 0 Å². The number of nitrogens with zero attached hydrogens (tertiary/aromatic N) is 1. The molecule has 23 heavy (non-hydrogen) atoms. The first-order valence-electron chi connectivity index (χ1n) is 9.22. The van der Waals surface area contributed by atoms with Crippen molar-refractivity contribution in [2.75, 3.05) is 19.7 Å². The first kappa shape index (κ1) is 20.8. The molecule has 1 fully saturated rings. The molecule has 1 heterocycles. The van der Waals surface area contributed by atoms with Crippen molar-refractivity contribution < 1.29 is 9.53 Å². The molecule has 4 heteroatoms. The molecular weight excluding hydrogens is 401 g/mol. The lowest BCUT2D eigenvalue weighted by Crippen LogP contribution is -2.41. The predicted molar refractivity (Wildman–Crippen MR) is 105 cm³/mol. The van der Waals surface area contributed by atoms with Gasteiger partial charge in [-0.2, -0.15) is 0 Å². The number of hydrogen-bond acceptors (Lipinski definition) is 3. The topological polar surface area (TPSA) is 29.5 Å². The molecule has 0 spiro atoms. The Kier molecular flexibility index (Phi) is 11.8. The number of halogens is 1. The van der Waals surface area contributed by atoms with E-state index in [4.69, 9.17) is 4.74 Å². The molecule has 0 radical (unpaired) electrons. The zero-order valence-electron chi connectivity index (χ0n) is 14.8. The Morgan fingerprint density at radius 2 is 2.04 bits per heavy atom. The highest BCUT2D eigenvalue weighted by Crippen LogP contribution is 2.24. The average Bonchev–Trinajstić information content (AvgIpc) is 3.01. The molecule has 0 amide bonds. The van der Waals surface area contributed by atoms with Crippen LogP contribution in [-0.4, -0.2) is 36.6 Å². The minimum Gasteiger partial charge on any atom is -0.465 e. The van der Waals surface area contributed by atoms with Crippen LogP contribution < -0.4 is 0 Å². The fraction of sp³-hybridized carbons (Fsp3) is 0.842. The number of unbranched alkanes of at least 4 members (excludes halogenated alkanes) is 4. The molecule has 1 aliphatic rings. The molecule has 0 aliphatic carbocycles. The van der Waals surface area contributed by atoms with E-state index in [-0.39, 0.29) is 12.0 Å². The molecule has 0 saturated carbocycles. The monoisotopic (exact) mass is 433 g/mol. The van der Waals surface area contributed by atoms with E-state index in [1.807, 2.05) is 0 Å². The van der Waals surface area contributed by atoms with E-state index < -0.39 is 0 Å². The predicted octanol–water partition coefficient (Wildman–Crippen LogP) is 4.78. The number of ether oxygens (including phenoxy) is 1. The number of rotatable bonds is 11. The van der Waals surface area contributed by atoms with Crippen molar-refractivity contribution in [3.05, 3.63) is 0 Å². The van der Waals surface area contributed by atoms with Gasteiger partial charge in [-0.1, -0.05) is 51.9 Å². The van der Waals surface area contributed by atoms with Crippen molar-refractivity contribution in [1.29, 1.82) is 0 Å². The van der Waals surface area contributed by atoms with Crippen LogP contribution in [0.3, 0.4) is 0 Å². The summed E-state index contributed by atoms with van der Waals surface area (Å²) in [6.45, 7) is 6.95. The maximum Gasteiger partial charge on any atom is 0.323 e. The fourth-order valence-electron chi connectivity index (χ4n) is 3.14. The molecule has 2 unspecified atom stereocenters. The summed E-state index contributed by atoms with van der Waals surface area (Å²) in [5.41, 5.74) is 0. The number of hydrogen-bond donors (Lipinski definition) is 0. The molecule has 1 rings (SSSR count). The first-order chi connectivity index (χ1) is 11.2. The Balaban J connectivity index is 2.44. The summed E-state index contributed by atoms with van der Waals surface area (Å²) >= 11 is 2.10. The lowest BCUT2D eigenvalue weighted by molar-refractivity contribution is -0.150. The number of likely N-dealkylation sites (tertiary alicyclic amines) is 1. The van der Waals surface area contributed by atoms with Gasteiger partial charge in [-0.15, -0.1) is 0 Å². The van der Waals surface area contributed by atoms with E-state index in [9.17, 15) is 4.79 Å². The smallest absolute Gasteiger partial charge is 0.323 e. The van der Waals surface area contributed by atoms with E-state index in [2.05, 4.69) is 51.2 Å². The van der Waals surface area contributed by atoms with Gasteiger partial charge in [0.1, 0.15) is 6.04 Å². The summed E-state index contributed by atoms with van der Waals surface area (Å²) in [4.78, 5) is 14.8. The van der Waals surface area contributed by atoms with E-state index in [1.54, 1.807) is 0 Å². The van der Waals surface area contributed by atoms with E-state index in [0.29, 0.717) is 12.5 Å².